The molecule has 1 N–H and O–H groups in total. The number of nitrogens with zero attached hydrogens (tertiary/aromatic N) is 2. The molecule has 0 atom stereocenters. The topological polar surface area (TPSA) is 18.5 Å². The third-order valence-electron chi connectivity index (χ3n) is 5.83. The minimum absolute atomic E-state index is 0. The van der Waals surface area contributed by atoms with Crippen molar-refractivity contribution in [2.24, 2.45) is 10.8 Å². The van der Waals surface area contributed by atoms with E-state index in [2.05, 4.69) is 66.3 Å². The zero-order valence-electron chi connectivity index (χ0n) is 16.3. The van der Waals surface area contributed by atoms with E-state index < -0.39 is 0 Å². The van der Waals surface area contributed by atoms with Gasteiger partial charge in [-0.15, -0.1) is 12.4 Å². The Morgan fingerprint density at radius 3 is 2.48 bits per heavy atom. The van der Waals surface area contributed by atoms with Crippen LogP contribution < -0.4 is 5.32 Å². The summed E-state index contributed by atoms with van der Waals surface area (Å²) in [5.74, 6) is 0. The molecule has 1 spiro atoms. The normalized spacial score (nSPS) is 20.8. The number of nitrogens with one attached hydrogen (secondary N) is 1. The smallest absolute Gasteiger partial charge is 0.0230 e. The Labute approximate surface area is 160 Å². The van der Waals surface area contributed by atoms with Gasteiger partial charge in [0.15, 0.2) is 0 Å². The molecule has 1 aromatic rings. The number of hydrogen-bond acceptors (Lipinski definition) is 3. The molecule has 142 valence electrons. The van der Waals surface area contributed by atoms with Crippen LogP contribution in [0.25, 0.3) is 0 Å². The van der Waals surface area contributed by atoms with Gasteiger partial charge in [-0.25, -0.2) is 0 Å². The van der Waals surface area contributed by atoms with Gasteiger partial charge in [-0.1, -0.05) is 44.2 Å². The molecule has 2 aliphatic rings. The van der Waals surface area contributed by atoms with Crippen molar-refractivity contribution in [1.82, 2.24) is 15.1 Å². The van der Waals surface area contributed by atoms with Crippen LogP contribution in [0.3, 0.4) is 0 Å². The number of rotatable bonds is 6. The summed E-state index contributed by atoms with van der Waals surface area (Å²) in [5, 5.41) is 3.52. The van der Waals surface area contributed by atoms with Gasteiger partial charge in [0.1, 0.15) is 0 Å². The van der Waals surface area contributed by atoms with E-state index in [4.69, 9.17) is 0 Å². The summed E-state index contributed by atoms with van der Waals surface area (Å²) in [5.41, 5.74) is 2.37. The zero-order chi connectivity index (χ0) is 17.0. The Morgan fingerprint density at radius 2 is 1.80 bits per heavy atom. The van der Waals surface area contributed by atoms with E-state index in [1.165, 1.54) is 57.5 Å². The van der Waals surface area contributed by atoms with Crippen LogP contribution in [0, 0.1) is 10.8 Å². The van der Waals surface area contributed by atoms with Crippen molar-refractivity contribution in [2.75, 3.05) is 46.3 Å². The van der Waals surface area contributed by atoms with Gasteiger partial charge in [-0.2, -0.15) is 0 Å². The molecule has 2 aliphatic heterocycles. The molecule has 0 saturated carbocycles. The van der Waals surface area contributed by atoms with Crippen molar-refractivity contribution in [3.8, 4) is 0 Å². The summed E-state index contributed by atoms with van der Waals surface area (Å²) < 4.78 is 0. The predicted molar refractivity (Wildman–Crippen MR) is 109 cm³/mol. The first kappa shape index (κ1) is 20.7. The largest absolute Gasteiger partial charge is 0.317 e. The summed E-state index contributed by atoms with van der Waals surface area (Å²) in [6.45, 7) is 13.3. The summed E-state index contributed by atoms with van der Waals surface area (Å²) in [6.07, 6.45) is 4.15. The van der Waals surface area contributed by atoms with Crippen LogP contribution in [0.2, 0.25) is 0 Å². The average molecular weight is 366 g/mol. The fraction of sp³-hybridized carbons (Fsp3) is 0.714. The molecule has 3 rings (SSSR count). The van der Waals surface area contributed by atoms with Crippen LogP contribution in [0.4, 0.5) is 0 Å². The van der Waals surface area contributed by atoms with E-state index in [1.807, 2.05) is 0 Å². The van der Waals surface area contributed by atoms with E-state index in [0.29, 0.717) is 10.8 Å². The fourth-order valence-corrected chi connectivity index (χ4v) is 4.86. The molecule has 2 fully saturated rings. The predicted octanol–water partition coefficient (Wildman–Crippen LogP) is 3.64. The van der Waals surface area contributed by atoms with Gasteiger partial charge in [0.2, 0.25) is 0 Å². The molecule has 2 heterocycles. The summed E-state index contributed by atoms with van der Waals surface area (Å²) in [6, 6.07) is 10.8. The Bertz CT molecular complexity index is 511. The molecule has 3 nitrogen and oxygen atoms in total. The molecule has 2 saturated heterocycles. The highest BCUT2D eigenvalue weighted by Gasteiger charge is 2.40. The van der Waals surface area contributed by atoms with E-state index >= 15 is 0 Å². The molecule has 0 bridgehead atoms. The minimum atomic E-state index is 0. The molecule has 1 aromatic carbocycles. The number of likely N-dealkylation sites (tertiary alicyclic amines) is 1. The third kappa shape index (κ3) is 5.96. The van der Waals surface area contributed by atoms with Gasteiger partial charge >= 0.3 is 0 Å². The maximum Gasteiger partial charge on any atom is 0.0230 e. The maximum atomic E-state index is 3.52. The quantitative estimate of drug-likeness (QED) is 0.830. The standard InChI is InChI=1S/C21H35N3.ClH/c1-20(2,16-23(3)15-19-7-5-4-6-8-19)17-24-14-11-21(18-24)9-12-22-13-10-21;/h4-8,22H,9-18H2,1-3H3;1H. The van der Waals surface area contributed by atoms with Crippen LogP contribution in [-0.4, -0.2) is 56.1 Å². The van der Waals surface area contributed by atoms with Crippen molar-refractivity contribution >= 4 is 12.4 Å². The molecular formula is C21H36ClN3. The van der Waals surface area contributed by atoms with Crippen LogP contribution in [0.15, 0.2) is 30.3 Å². The Balaban J connectivity index is 0.00000225. The Morgan fingerprint density at radius 1 is 1.12 bits per heavy atom. The van der Waals surface area contributed by atoms with E-state index in [-0.39, 0.29) is 12.4 Å². The Kier molecular flexibility index (Phi) is 7.33. The van der Waals surface area contributed by atoms with Crippen molar-refractivity contribution < 1.29 is 0 Å². The minimum Gasteiger partial charge on any atom is -0.317 e. The molecule has 0 aliphatic carbocycles. The molecule has 0 radical (unpaired) electrons. The average Bonchev–Trinajstić information content (AvgIpc) is 2.89. The zero-order valence-corrected chi connectivity index (χ0v) is 17.1. The summed E-state index contributed by atoms with van der Waals surface area (Å²) in [7, 11) is 2.26. The van der Waals surface area contributed by atoms with Gasteiger partial charge in [-0.05, 0) is 62.3 Å². The second-order valence-electron chi connectivity index (χ2n) is 9.03. The number of halogens is 1. The van der Waals surface area contributed by atoms with E-state index in [9.17, 15) is 0 Å². The Hall–Kier alpha value is -0.610. The lowest BCUT2D eigenvalue weighted by atomic mass is 9.78. The van der Waals surface area contributed by atoms with Crippen LogP contribution in [0.5, 0.6) is 0 Å². The van der Waals surface area contributed by atoms with Crippen LogP contribution >= 0.6 is 12.4 Å². The van der Waals surface area contributed by atoms with E-state index in [1.54, 1.807) is 0 Å². The molecule has 0 amide bonds. The first-order valence-electron chi connectivity index (χ1n) is 9.62. The number of piperidine rings is 1. The van der Waals surface area contributed by atoms with Crippen LogP contribution in [0.1, 0.15) is 38.7 Å². The maximum absolute atomic E-state index is 3.52. The molecular weight excluding hydrogens is 330 g/mol. The number of hydrogen-bond donors (Lipinski definition) is 1. The van der Waals surface area contributed by atoms with Gasteiger partial charge < -0.3 is 15.1 Å². The van der Waals surface area contributed by atoms with Crippen molar-refractivity contribution in [1.29, 1.82) is 0 Å². The monoisotopic (exact) mass is 365 g/mol. The van der Waals surface area contributed by atoms with Crippen molar-refractivity contribution in [3.05, 3.63) is 35.9 Å². The van der Waals surface area contributed by atoms with Crippen molar-refractivity contribution in [3.63, 3.8) is 0 Å². The molecule has 25 heavy (non-hydrogen) atoms. The molecule has 0 aromatic heterocycles. The SMILES string of the molecule is CN(Cc1ccccc1)CC(C)(C)CN1CCC2(CCNCC2)C1.Cl. The van der Waals surface area contributed by atoms with Gasteiger partial charge in [0.25, 0.3) is 0 Å². The summed E-state index contributed by atoms with van der Waals surface area (Å²) >= 11 is 0. The lowest BCUT2D eigenvalue weighted by Gasteiger charge is -2.37. The van der Waals surface area contributed by atoms with Crippen LogP contribution in [-0.2, 0) is 6.54 Å². The first-order valence-corrected chi connectivity index (χ1v) is 9.62. The van der Waals surface area contributed by atoms with Crippen molar-refractivity contribution in [2.45, 2.75) is 39.7 Å². The van der Waals surface area contributed by atoms with E-state index in [0.717, 1.165) is 13.1 Å². The first-order chi connectivity index (χ1) is 11.5. The van der Waals surface area contributed by atoms with Gasteiger partial charge in [0, 0.05) is 26.2 Å². The highest BCUT2D eigenvalue weighted by molar-refractivity contribution is 5.85. The lowest BCUT2D eigenvalue weighted by Crippen LogP contribution is -2.42. The highest BCUT2D eigenvalue weighted by Crippen LogP contribution is 2.39. The molecule has 0 unspecified atom stereocenters. The van der Waals surface area contributed by atoms with Gasteiger partial charge in [-0.3, -0.25) is 0 Å². The third-order valence-corrected chi connectivity index (χ3v) is 5.83. The second kappa shape index (κ2) is 8.85. The lowest BCUT2D eigenvalue weighted by molar-refractivity contribution is 0.128. The highest BCUT2D eigenvalue weighted by atomic mass is 35.5. The summed E-state index contributed by atoms with van der Waals surface area (Å²) in [4.78, 5) is 5.22. The van der Waals surface area contributed by atoms with Gasteiger partial charge in [0.05, 0.1) is 0 Å². The fourth-order valence-electron chi connectivity index (χ4n) is 4.86. The second-order valence-corrected chi connectivity index (χ2v) is 9.03. The molecule has 4 heteroatoms. The number of benzene rings is 1.